The smallest absolute Gasteiger partial charge is 0.410 e. The number of piperazine rings is 1. The topological polar surface area (TPSA) is 79.4 Å². The molecular formula is C23H28ClN3O5S. The molecule has 2 unspecified atom stereocenters. The number of benzene rings is 1. The fourth-order valence-electron chi connectivity index (χ4n) is 5.64. The molecule has 4 atom stereocenters. The van der Waals surface area contributed by atoms with Crippen molar-refractivity contribution in [1.82, 2.24) is 14.1 Å². The molecule has 2 saturated heterocycles. The molecular weight excluding hydrogens is 466 g/mol. The minimum atomic E-state index is -2.70. The number of ether oxygens (including phenoxy) is 2. The van der Waals surface area contributed by atoms with Gasteiger partial charge >= 0.3 is 6.09 Å². The van der Waals surface area contributed by atoms with Gasteiger partial charge in [-0.25, -0.2) is 13.3 Å². The Kier molecular flexibility index (Phi) is 5.00. The van der Waals surface area contributed by atoms with Crippen LogP contribution in [0.4, 0.5) is 4.79 Å². The monoisotopic (exact) mass is 493 g/mol. The first-order valence-corrected chi connectivity index (χ1v) is 13.5. The maximum Gasteiger partial charge on any atom is 0.410 e. The molecule has 1 aromatic rings. The first-order chi connectivity index (χ1) is 15.8. The number of hydrogen-bond acceptors (Lipinski definition) is 5. The van der Waals surface area contributed by atoms with Crippen LogP contribution in [0.2, 0.25) is 5.02 Å². The van der Waals surface area contributed by atoms with Gasteiger partial charge in [-0.3, -0.25) is 4.79 Å². The zero-order valence-electron chi connectivity index (χ0n) is 18.6. The van der Waals surface area contributed by atoms with E-state index in [9.17, 15) is 13.8 Å². The number of nitrogens with zero attached hydrogens (tertiary/aromatic N) is 3. The lowest BCUT2D eigenvalue weighted by molar-refractivity contribution is -0.130. The predicted molar refractivity (Wildman–Crippen MR) is 123 cm³/mol. The van der Waals surface area contributed by atoms with E-state index >= 15 is 0 Å². The highest BCUT2D eigenvalue weighted by molar-refractivity contribution is 8.01. The second kappa shape index (κ2) is 7.60. The van der Waals surface area contributed by atoms with Gasteiger partial charge in [-0.05, 0) is 43.0 Å². The molecule has 3 heterocycles. The Morgan fingerprint density at radius 3 is 2.39 bits per heavy atom. The van der Waals surface area contributed by atoms with Gasteiger partial charge in [0.25, 0.3) is 0 Å². The lowest BCUT2D eigenvalue weighted by Gasteiger charge is -2.43. The zero-order valence-corrected chi connectivity index (χ0v) is 20.1. The second-order valence-electron chi connectivity index (χ2n) is 9.65. The van der Waals surface area contributed by atoms with Gasteiger partial charge in [0.15, 0.2) is 5.60 Å². The third-order valence-electron chi connectivity index (χ3n) is 7.69. The molecule has 0 radical (unpaired) electrons. The molecule has 3 aliphatic heterocycles. The third kappa shape index (κ3) is 3.31. The van der Waals surface area contributed by atoms with E-state index in [0.717, 1.165) is 22.6 Å². The van der Waals surface area contributed by atoms with Crippen LogP contribution in [0.1, 0.15) is 26.2 Å². The van der Waals surface area contributed by atoms with E-state index in [-0.39, 0.29) is 18.0 Å². The van der Waals surface area contributed by atoms with E-state index in [0.29, 0.717) is 56.8 Å². The van der Waals surface area contributed by atoms with Crippen molar-refractivity contribution in [2.75, 3.05) is 39.4 Å². The summed E-state index contributed by atoms with van der Waals surface area (Å²) in [5, 5.41) is 0.597. The summed E-state index contributed by atoms with van der Waals surface area (Å²) in [4.78, 5) is 29.7. The molecule has 0 bridgehead atoms. The summed E-state index contributed by atoms with van der Waals surface area (Å²) in [6.07, 6.45) is 2.31. The van der Waals surface area contributed by atoms with Crippen LogP contribution in [0.25, 0.3) is 0 Å². The van der Waals surface area contributed by atoms with Gasteiger partial charge in [-0.2, -0.15) is 0 Å². The van der Waals surface area contributed by atoms with Crippen molar-refractivity contribution in [3.63, 3.8) is 0 Å². The molecule has 0 N–H and O–H groups in total. The van der Waals surface area contributed by atoms with E-state index < -0.39 is 21.4 Å². The first kappa shape index (κ1) is 21.7. The van der Waals surface area contributed by atoms with Crippen LogP contribution in [-0.2, 0) is 24.0 Å². The quantitative estimate of drug-likeness (QED) is 0.602. The van der Waals surface area contributed by atoms with Gasteiger partial charge < -0.3 is 19.3 Å². The predicted octanol–water partition coefficient (Wildman–Crippen LogP) is 2.01. The largest absolute Gasteiger partial charge is 0.435 e. The van der Waals surface area contributed by atoms with Gasteiger partial charge in [0.1, 0.15) is 0 Å². The van der Waals surface area contributed by atoms with Crippen molar-refractivity contribution >= 4 is 38.2 Å². The highest BCUT2D eigenvalue weighted by atomic mass is 35.5. The number of carbonyl (C=O) groups is 2. The van der Waals surface area contributed by atoms with Crippen LogP contribution >= 0.6 is 11.6 Å². The van der Waals surface area contributed by atoms with E-state index in [1.165, 1.54) is 6.92 Å². The van der Waals surface area contributed by atoms with E-state index in [1.54, 1.807) is 21.9 Å². The fraction of sp³-hybridized carbons (Fsp3) is 0.609. The van der Waals surface area contributed by atoms with Crippen LogP contribution in [-0.4, -0.2) is 92.3 Å². The Labute approximate surface area is 198 Å². The summed E-state index contributed by atoms with van der Waals surface area (Å²) in [6.45, 7) is 4.35. The zero-order chi connectivity index (χ0) is 23.0. The van der Waals surface area contributed by atoms with E-state index in [4.69, 9.17) is 21.1 Å². The maximum absolute atomic E-state index is 14.8. The van der Waals surface area contributed by atoms with Gasteiger partial charge in [-0.1, -0.05) is 11.6 Å². The standard InChI is InChI=1S/C23H28ClN3O5S/c1-15(28)25-8-10-26(11-9-25)22(29)32-23-12-21(23)33(30,18-6-4-17(24)5-7-18)27-19(16-2-3-16)13-31-14-20(23)27/h4-7,16,19-20H,2-3,8-14H2,1H3/t19-,20+,23?,33?/m0/s1. The number of rotatable bonds is 3. The molecule has 6 rings (SSSR count). The van der Waals surface area contributed by atoms with Crippen molar-refractivity contribution in [3.8, 4) is 0 Å². The lowest BCUT2D eigenvalue weighted by Crippen LogP contribution is -2.59. The summed E-state index contributed by atoms with van der Waals surface area (Å²) in [5.41, 5.74) is -0.876. The van der Waals surface area contributed by atoms with Gasteiger partial charge in [-0.15, -0.1) is 0 Å². The highest BCUT2D eigenvalue weighted by Crippen LogP contribution is 2.56. The molecule has 178 valence electrons. The molecule has 5 aliphatic rings. The summed E-state index contributed by atoms with van der Waals surface area (Å²) >= 11 is 6.12. The summed E-state index contributed by atoms with van der Waals surface area (Å²) in [6, 6.07) is 7.03. The van der Waals surface area contributed by atoms with Crippen LogP contribution in [0.5, 0.6) is 0 Å². The molecule has 2 saturated carbocycles. The Morgan fingerprint density at radius 1 is 1.09 bits per heavy atom. The number of amides is 2. The van der Waals surface area contributed by atoms with Crippen molar-refractivity contribution in [3.05, 3.63) is 29.3 Å². The van der Waals surface area contributed by atoms with E-state index in [1.807, 2.05) is 12.1 Å². The summed E-state index contributed by atoms with van der Waals surface area (Å²) in [5.74, 6) is 0.477. The Morgan fingerprint density at radius 2 is 1.76 bits per heavy atom. The molecule has 10 heteroatoms. The molecule has 2 amide bonds. The highest BCUT2D eigenvalue weighted by Gasteiger charge is 2.73. The van der Waals surface area contributed by atoms with Gasteiger partial charge in [0, 0.05) is 55.5 Å². The molecule has 1 aromatic carbocycles. The number of hydrogen-bond donors (Lipinski definition) is 0. The second-order valence-corrected chi connectivity index (χ2v) is 12.5. The number of carbonyl (C=O) groups excluding carboxylic acids is 2. The fourth-order valence-corrected chi connectivity index (χ4v) is 9.31. The van der Waals surface area contributed by atoms with Crippen molar-refractivity contribution < 1.29 is 23.3 Å². The summed E-state index contributed by atoms with van der Waals surface area (Å²) in [7, 11) is -2.70. The first-order valence-electron chi connectivity index (χ1n) is 11.6. The minimum Gasteiger partial charge on any atom is -0.435 e. The summed E-state index contributed by atoms with van der Waals surface area (Å²) < 4.78 is 29.1. The minimum absolute atomic E-state index is 0.0130. The Balaban J connectivity index is 1.33. The van der Waals surface area contributed by atoms with Crippen molar-refractivity contribution in [2.24, 2.45) is 5.92 Å². The van der Waals surface area contributed by atoms with Gasteiger partial charge in [0.2, 0.25) is 5.91 Å². The molecule has 8 nitrogen and oxygen atoms in total. The Bertz CT molecular complexity index is 1120. The molecule has 33 heavy (non-hydrogen) atoms. The van der Waals surface area contributed by atoms with Crippen molar-refractivity contribution in [2.45, 2.75) is 48.8 Å². The number of halogens is 1. The molecule has 0 spiro atoms. The van der Waals surface area contributed by atoms with E-state index in [2.05, 4.69) is 4.31 Å². The number of fused-ring (bicyclic) bond motifs is 3. The van der Waals surface area contributed by atoms with Crippen LogP contribution in [0.3, 0.4) is 0 Å². The van der Waals surface area contributed by atoms with Gasteiger partial charge in [0.05, 0.1) is 33.8 Å². The van der Waals surface area contributed by atoms with Crippen LogP contribution < -0.4 is 0 Å². The normalized spacial score (nSPS) is 35.8. The molecule has 0 aromatic heterocycles. The van der Waals surface area contributed by atoms with Crippen LogP contribution in [0, 0.1) is 5.92 Å². The Hall–Kier alpha value is -1.81. The SMILES string of the molecule is CC(=O)N1CCN(C(=O)OC23CC2=S(=O)(c2ccc(Cl)cc2)N2[C@H](C4CC4)COC[C@@H]23)CC1. The molecule has 4 fully saturated rings. The number of morpholine rings is 1. The average molecular weight is 494 g/mol. The van der Waals surface area contributed by atoms with Crippen molar-refractivity contribution in [1.29, 1.82) is 0 Å². The molecule has 2 aliphatic carbocycles. The third-order valence-corrected chi connectivity index (χ3v) is 11.1. The maximum atomic E-state index is 14.8. The van der Waals surface area contributed by atoms with Crippen LogP contribution in [0.15, 0.2) is 29.2 Å². The lowest BCUT2D eigenvalue weighted by atomic mass is 10.0. The average Bonchev–Trinajstić information content (AvgIpc) is 3.74.